The summed E-state index contributed by atoms with van der Waals surface area (Å²) in [6, 6.07) is -0.0940. The van der Waals surface area contributed by atoms with E-state index < -0.39 is 18.5 Å². The first-order valence-electron chi connectivity index (χ1n) is 7.03. The third-order valence-corrected chi connectivity index (χ3v) is 4.03. The summed E-state index contributed by atoms with van der Waals surface area (Å²) in [6.07, 6.45) is 1.41. The fraction of sp³-hybridized carbons (Fsp3) is 0.923. The number of rotatable bonds is 3. The molecule has 2 N–H and O–H groups in total. The molecule has 2 aliphatic rings. The molecule has 2 heterocycles. The first-order chi connectivity index (χ1) is 8.87. The smallest absolute Gasteiger partial charge is 0.262 e. The fourth-order valence-electron chi connectivity index (χ4n) is 2.76. The number of piperidine rings is 1. The van der Waals surface area contributed by atoms with Gasteiger partial charge in [-0.15, -0.1) is 12.4 Å². The number of nitrogens with zero attached hydrogens (tertiary/aromatic N) is 1. The highest BCUT2D eigenvalue weighted by molar-refractivity contribution is 5.85. The summed E-state index contributed by atoms with van der Waals surface area (Å²) < 4.78 is 26.0. The quantitative estimate of drug-likeness (QED) is 0.828. The van der Waals surface area contributed by atoms with Crippen LogP contribution in [0.15, 0.2) is 0 Å². The lowest BCUT2D eigenvalue weighted by molar-refractivity contribution is -0.124. The highest BCUT2D eigenvalue weighted by Crippen LogP contribution is 2.25. The van der Waals surface area contributed by atoms with E-state index in [2.05, 4.69) is 29.4 Å². The molecule has 0 aromatic rings. The monoisotopic (exact) mass is 311 g/mol. The van der Waals surface area contributed by atoms with Crippen LogP contribution in [0.5, 0.6) is 0 Å². The zero-order valence-corrected chi connectivity index (χ0v) is 12.8. The molecule has 1 atom stereocenters. The molecule has 0 aromatic carbocycles. The molecule has 1 unspecified atom stereocenters. The average molecular weight is 312 g/mol. The Balaban J connectivity index is 0.00000200. The summed E-state index contributed by atoms with van der Waals surface area (Å²) in [5, 5.41) is 5.49. The van der Waals surface area contributed by atoms with Crippen LogP contribution in [0.3, 0.4) is 0 Å². The molecule has 7 heteroatoms. The van der Waals surface area contributed by atoms with Crippen LogP contribution >= 0.6 is 12.4 Å². The molecule has 20 heavy (non-hydrogen) atoms. The van der Waals surface area contributed by atoms with Gasteiger partial charge in [-0.2, -0.15) is 0 Å². The van der Waals surface area contributed by atoms with Crippen LogP contribution in [0.2, 0.25) is 0 Å². The van der Waals surface area contributed by atoms with Gasteiger partial charge in [-0.3, -0.25) is 10.1 Å². The Kier molecular flexibility index (Phi) is 6.16. The summed E-state index contributed by atoms with van der Waals surface area (Å²) in [4.78, 5) is 14.3. The van der Waals surface area contributed by atoms with E-state index >= 15 is 0 Å². The minimum Gasteiger partial charge on any atom is -0.352 e. The molecule has 2 aliphatic heterocycles. The van der Waals surface area contributed by atoms with Gasteiger partial charge in [-0.1, -0.05) is 0 Å². The number of carbonyl (C=O) groups excluding carboxylic acids is 1. The number of hydrogen-bond acceptors (Lipinski definition) is 3. The van der Waals surface area contributed by atoms with Crippen molar-refractivity contribution in [2.45, 2.75) is 57.2 Å². The number of carbonyl (C=O) groups is 1. The molecule has 4 nitrogen and oxygen atoms in total. The van der Waals surface area contributed by atoms with Crippen molar-refractivity contribution >= 4 is 18.3 Å². The van der Waals surface area contributed by atoms with Crippen molar-refractivity contribution in [1.82, 2.24) is 15.5 Å². The first-order valence-corrected chi connectivity index (χ1v) is 7.03. The Morgan fingerprint density at radius 3 is 2.40 bits per heavy atom. The molecule has 0 saturated carbocycles. The molecule has 0 spiro atoms. The first kappa shape index (κ1) is 17.6. The minimum absolute atomic E-state index is 0. The van der Waals surface area contributed by atoms with Crippen LogP contribution in [0.4, 0.5) is 8.78 Å². The summed E-state index contributed by atoms with van der Waals surface area (Å²) >= 11 is 0. The second-order valence-corrected chi connectivity index (χ2v) is 5.91. The van der Waals surface area contributed by atoms with Crippen LogP contribution in [-0.2, 0) is 4.79 Å². The lowest BCUT2D eigenvalue weighted by atomic mass is 10.0. The van der Waals surface area contributed by atoms with E-state index in [-0.39, 0.29) is 30.8 Å². The molecule has 2 saturated heterocycles. The van der Waals surface area contributed by atoms with Gasteiger partial charge in [0.25, 0.3) is 5.92 Å². The summed E-state index contributed by atoms with van der Waals surface area (Å²) in [6.45, 7) is 5.83. The molecule has 2 fully saturated rings. The Labute approximate surface area is 125 Å². The van der Waals surface area contributed by atoms with Crippen molar-refractivity contribution in [3.63, 3.8) is 0 Å². The highest BCUT2D eigenvalue weighted by Gasteiger charge is 2.42. The average Bonchev–Trinajstić information content (AvgIpc) is 2.70. The van der Waals surface area contributed by atoms with E-state index in [9.17, 15) is 13.6 Å². The predicted molar refractivity (Wildman–Crippen MR) is 76.5 cm³/mol. The zero-order valence-electron chi connectivity index (χ0n) is 12.0. The Bertz CT molecular complexity index is 334. The number of likely N-dealkylation sites (tertiary alicyclic amines) is 1. The lowest BCUT2D eigenvalue weighted by Gasteiger charge is -2.35. The maximum Gasteiger partial charge on any atom is 0.262 e. The Morgan fingerprint density at radius 2 is 1.95 bits per heavy atom. The van der Waals surface area contributed by atoms with Gasteiger partial charge in [-0.25, -0.2) is 8.78 Å². The van der Waals surface area contributed by atoms with E-state index in [1.165, 1.54) is 0 Å². The van der Waals surface area contributed by atoms with E-state index in [0.29, 0.717) is 6.04 Å². The van der Waals surface area contributed by atoms with Gasteiger partial charge >= 0.3 is 0 Å². The largest absolute Gasteiger partial charge is 0.352 e. The zero-order chi connectivity index (χ0) is 14.0. The van der Waals surface area contributed by atoms with Crippen molar-refractivity contribution in [3.8, 4) is 0 Å². The van der Waals surface area contributed by atoms with Crippen molar-refractivity contribution in [1.29, 1.82) is 0 Å². The van der Waals surface area contributed by atoms with E-state index in [1.54, 1.807) is 0 Å². The van der Waals surface area contributed by atoms with Crippen molar-refractivity contribution in [2.75, 3.05) is 19.6 Å². The second-order valence-electron chi connectivity index (χ2n) is 5.91. The lowest BCUT2D eigenvalue weighted by Crippen LogP contribution is -2.50. The van der Waals surface area contributed by atoms with Gasteiger partial charge in [0.15, 0.2) is 0 Å². The van der Waals surface area contributed by atoms with Crippen LogP contribution in [-0.4, -0.2) is 54.5 Å². The third-order valence-electron chi connectivity index (χ3n) is 4.03. The van der Waals surface area contributed by atoms with Crippen LogP contribution < -0.4 is 10.6 Å². The van der Waals surface area contributed by atoms with E-state index in [4.69, 9.17) is 0 Å². The number of nitrogens with one attached hydrogen (secondary N) is 2. The van der Waals surface area contributed by atoms with Crippen LogP contribution in [0, 0.1) is 0 Å². The molecular weight excluding hydrogens is 288 g/mol. The van der Waals surface area contributed by atoms with E-state index in [0.717, 1.165) is 25.9 Å². The Hall–Kier alpha value is -0.460. The third kappa shape index (κ3) is 4.53. The van der Waals surface area contributed by atoms with E-state index in [1.807, 2.05) is 0 Å². The maximum absolute atomic E-state index is 13.0. The van der Waals surface area contributed by atoms with Gasteiger partial charge in [0.1, 0.15) is 0 Å². The minimum atomic E-state index is -2.75. The molecule has 0 radical (unpaired) electrons. The maximum atomic E-state index is 13.0. The molecule has 0 aromatic heterocycles. The molecule has 1 amide bonds. The van der Waals surface area contributed by atoms with Gasteiger partial charge in [0, 0.05) is 31.6 Å². The van der Waals surface area contributed by atoms with Crippen molar-refractivity contribution in [2.24, 2.45) is 0 Å². The number of halogens is 3. The number of hydrogen-bond donors (Lipinski definition) is 2. The van der Waals surface area contributed by atoms with Crippen molar-refractivity contribution < 1.29 is 13.6 Å². The van der Waals surface area contributed by atoms with Crippen LogP contribution in [0.25, 0.3) is 0 Å². The highest BCUT2D eigenvalue weighted by atomic mass is 35.5. The normalized spacial score (nSPS) is 27.4. The molecule has 0 aliphatic carbocycles. The summed E-state index contributed by atoms with van der Waals surface area (Å²) in [5.41, 5.74) is 0. The van der Waals surface area contributed by atoms with Crippen LogP contribution in [0.1, 0.15) is 33.1 Å². The molecular formula is C13H24ClF2N3O. The number of amides is 1. The molecule has 0 bridgehead atoms. The fourth-order valence-corrected chi connectivity index (χ4v) is 2.76. The summed E-state index contributed by atoms with van der Waals surface area (Å²) in [7, 11) is 0. The second kappa shape index (κ2) is 7.00. The molecule has 2 rings (SSSR count). The summed E-state index contributed by atoms with van der Waals surface area (Å²) in [5.74, 6) is -3.02. The van der Waals surface area contributed by atoms with Crippen molar-refractivity contribution in [3.05, 3.63) is 0 Å². The van der Waals surface area contributed by atoms with Gasteiger partial charge < -0.3 is 10.2 Å². The topological polar surface area (TPSA) is 44.4 Å². The molecule has 118 valence electrons. The number of alkyl halides is 2. The Morgan fingerprint density at radius 1 is 1.35 bits per heavy atom. The van der Waals surface area contributed by atoms with Gasteiger partial charge in [-0.05, 0) is 26.7 Å². The van der Waals surface area contributed by atoms with Gasteiger partial charge in [0.2, 0.25) is 5.91 Å². The van der Waals surface area contributed by atoms with Gasteiger partial charge in [0.05, 0.1) is 12.6 Å². The SMILES string of the molecule is CC(C)N1CCC(NC(=O)C2CC(F)(F)CN2)CC1.Cl. The standard InChI is InChI=1S/C13H23F2N3O.ClH/c1-9(2)18-5-3-10(4-6-18)17-12(19)11-7-13(14,15)8-16-11;/h9-11,16H,3-8H2,1-2H3,(H,17,19);1H. The predicted octanol–water partition coefficient (Wildman–Crippen LogP) is 1.39.